The van der Waals surface area contributed by atoms with Crippen LogP contribution in [-0.2, 0) is 23.4 Å². The third kappa shape index (κ3) is 4.52. The van der Waals surface area contributed by atoms with E-state index in [2.05, 4.69) is 28.7 Å². The molecule has 2 aliphatic rings. The fourth-order valence-corrected chi connectivity index (χ4v) is 5.47. The summed E-state index contributed by atoms with van der Waals surface area (Å²) >= 11 is 0. The highest BCUT2D eigenvalue weighted by molar-refractivity contribution is 6.08. The fraction of sp³-hybridized carbons (Fsp3) is 0.379. The van der Waals surface area contributed by atoms with Crippen LogP contribution in [-0.4, -0.2) is 51.4 Å². The van der Waals surface area contributed by atoms with Crippen LogP contribution in [0.25, 0.3) is 0 Å². The molecule has 0 aliphatic carbocycles. The van der Waals surface area contributed by atoms with E-state index in [-0.39, 0.29) is 25.0 Å². The van der Waals surface area contributed by atoms with Crippen molar-refractivity contribution >= 4 is 17.6 Å². The Kier molecular flexibility index (Phi) is 6.82. The Morgan fingerprint density at radius 2 is 1.92 bits per heavy atom. The lowest BCUT2D eigenvalue weighted by molar-refractivity contribution is -0.134. The van der Waals surface area contributed by atoms with E-state index in [1.54, 1.807) is 23.5 Å². The maximum atomic E-state index is 14.4. The van der Waals surface area contributed by atoms with Gasteiger partial charge in [-0.15, -0.1) is 0 Å². The smallest absolute Gasteiger partial charge is 0.328 e. The molecule has 0 radical (unpaired) electrons. The van der Waals surface area contributed by atoms with E-state index in [1.807, 2.05) is 55.5 Å². The van der Waals surface area contributed by atoms with Gasteiger partial charge in [-0.25, -0.2) is 4.79 Å². The zero-order chi connectivity index (χ0) is 26.0. The van der Waals surface area contributed by atoms with Gasteiger partial charge in [0.25, 0.3) is 5.91 Å². The molecule has 192 valence electrons. The van der Waals surface area contributed by atoms with Crippen LogP contribution in [0.15, 0.2) is 67.1 Å². The van der Waals surface area contributed by atoms with Gasteiger partial charge in [-0.2, -0.15) is 0 Å². The van der Waals surface area contributed by atoms with Gasteiger partial charge >= 0.3 is 6.03 Å². The molecule has 1 aromatic carbocycles. The molecule has 1 fully saturated rings. The summed E-state index contributed by atoms with van der Waals surface area (Å²) in [5.41, 5.74) is 2.22. The van der Waals surface area contributed by atoms with Crippen molar-refractivity contribution in [3.05, 3.63) is 83.9 Å². The summed E-state index contributed by atoms with van der Waals surface area (Å²) in [5.74, 6) is 0.986. The molecule has 37 heavy (non-hydrogen) atoms. The number of carbonyl (C=O) groups is 2. The van der Waals surface area contributed by atoms with Crippen molar-refractivity contribution in [3.8, 4) is 5.75 Å². The number of ether oxygens (including phenoxy) is 1. The van der Waals surface area contributed by atoms with E-state index >= 15 is 0 Å². The summed E-state index contributed by atoms with van der Waals surface area (Å²) in [7, 11) is 0. The first-order chi connectivity index (χ1) is 17.9. The SMILES string of the molecule is CCOc1ccc2c(c1)N(CC(C)C)CCC21C(=O)N(Cc2ccccn2)C(=O)N1Cc1cccnc1. The number of nitrogens with zero attached hydrogens (tertiary/aromatic N) is 5. The van der Waals surface area contributed by atoms with Gasteiger partial charge in [-0.05, 0) is 42.7 Å². The topological polar surface area (TPSA) is 78.9 Å². The summed E-state index contributed by atoms with van der Waals surface area (Å²) in [6.45, 7) is 8.79. The van der Waals surface area contributed by atoms with Crippen molar-refractivity contribution in [1.29, 1.82) is 0 Å². The van der Waals surface area contributed by atoms with Gasteiger partial charge in [0, 0.05) is 55.4 Å². The van der Waals surface area contributed by atoms with E-state index in [9.17, 15) is 9.59 Å². The normalized spacial score (nSPS) is 19.2. The Balaban J connectivity index is 1.63. The van der Waals surface area contributed by atoms with Crippen molar-refractivity contribution in [2.24, 2.45) is 5.92 Å². The third-order valence-corrected chi connectivity index (χ3v) is 7.03. The number of fused-ring (bicyclic) bond motifs is 2. The molecule has 2 aliphatic heterocycles. The number of rotatable bonds is 8. The maximum Gasteiger partial charge on any atom is 0.328 e. The molecule has 2 aromatic heterocycles. The number of hydrogen-bond donors (Lipinski definition) is 0. The van der Waals surface area contributed by atoms with Crippen LogP contribution in [0.3, 0.4) is 0 Å². The Hall–Kier alpha value is -3.94. The minimum absolute atomic E-state index is 0.131. The highest BCUT2D eigenvalue weighted by Crippen LogP contribution is 2.49. The average Bonchev–Trinajstić information content (AvgIpc) is 3.09. The van der Waals surface area contributed by atoms with Gasteiger partial charge in [0.1, 0.15) is 5.75 Å². The standard InChI is InChI=1S/C29H33N5O3/c1-4-37-24-10-11-25-26(16-24)32(18-21(2)3)15-12-29(25)27(35)33(20-23-9-5-6-14-31-23)28(36)34(29)19-22-8-7-13-30-17-22/h5-11,13-14,16-17,21H,4,12,15,18-20H2,1-3H3. The number of carbonyl (C=O) groups excluding carboxylic acids is 2. The Labute approximate surface area is 217 Å². The molecule has 1 saturated heterocycles. The van der Waals surface area contributed by atoms with Gasteiger partial charge < -0.3 is 14.5 Å². The summed E-state index contributed by atoms with van der Waals surface area (Å²) in [6.07, 6.45) is 5.64. The second kappa shape index (κ2) is 10.2. The molecule has 0 saturated carbocycles. The van der Waals surface area contributed by atoms with Crippen LogP contribution < -0.4 is 9.64 Å². The quantitative estimate of drug-likeness (QED) is 0.422. The Morgan fingerprint density at radius 1 is 1.05 bits per heavy atom. The number of urea groups is 1. The van der Waals surface area contributed by atoms with Crippen LogP contribution in [0.2, 0.25) is 0 Å². The van der Waals surface area contributed by atoms with E-state index in [4.69, 9.17) is 4.74 Å². The predicted molar refractivity (Wildman–Crippen MR) is 141 cm³/mol. The number of pyridine rings is 2. The number of aromatic nitrogens is 2. The zero-order valence-corrected chi connectivity index (χ0v) is 21.6. The first-order valence-electron chi connectivity index (χ1n) is 12.9. The molecule has 3 aromatic rings. The number of anilines is 1. The van der Waals surface area contributed by atoms with Gasteiger partial charge in [0.05, 0.1) is 25.4 Å². The number of benzene rings is 1. The second-order valence-corrected chi connectivity index (χ2v) is 10.0. The first-order valence-corrected chi connectivity index (χ1v) is 12.9. The van der Waals surface area contributed by atoms with Crippen LogP contribution in [0.4, 0.5) is 10.5 Å². The van der Waals surface area contributed by atoms with E-state index in [0.29, 0.717) is 31.2 Å². The molecule has 1 unspecified atom stereocenters. The minimum atomic E-state index is -1.12. The number of amides is 3. The summed E-state index contributed by atoms with van der Waals surface area (Å²) in [4.78, 5) is 42.4. The molecule has 8 nitrogen and oxygen atoms in total. The predicted octanol–water partition coefficient (Wildman–Crippen LogP) is 4.60. The fourth-order valence-electron chi connectivity index (χ4n) is 5.47. The third-order valence-electron chi connectivity index (χ3n) is 7.03. The molecule has 1 spiro atoms. The molecule has 5 rings (SSSR count). The van der Waals surface area contributed by atoms with Gasteiger partial charge in [-0.1, -0.05) is 32.0 Å². The number of imide groups is 1. The van der Waals surface area contributed by atoms with Crippen LogP contribution >= 0.6 is 0 Å². The van der Waals surface area contributed by atoms with E-state index in [0.717, 1.165) is 29.1 Å². The molecule has 0 N–H and O–H groups in total. The first kappa shape index (κ1) is 24.7. The van der Waals surface area contributed by atoms with Crippen LogP contribution in [0.1, 0.15) is 44.0 Å². The molecule has 0 bridgehead atoms. The summed E-state index contributed by atoms with van der Waals surface area (Å²) < 4.78 is 5.83. The lowest BCUT2D eigenvalue weighted by atomic mass is 9.80. The highest BCUT2D eigenvalue weighted by Gasteiger charge is 2.60. The Morgan fingerprint density at radius 3 is 2.62 bits per heavy atom. The molecular formula is C29H33N5O3. The van der Waals surface area contributed by atoms with Crippen molar-refractivity contribution in [3.63, 3.8) is 0 Å². The van der Waals surface area contributed by atoms with Gasteiger partial charge in [0.2, 0.25) is 0 Å². The number of hydrogen-bond acceptors (Lipinski definition) is 6. The summed E-state index contributed by atoms with van der Waals surface area (Å²) in [6, 6.07) is 14.9. The van der Waals surface area contributed by atoms with Crippen molar-refractivity contribution in [2.45, 2.75) is 45.8 Å². The van der Waals surface area contributed by atoms with E-state index < -0.39 is 5.54 Å². The van der Waals surface area contributed by atoms with Crippen molar-refractivity contribution in [1.82, 2.24) is 19.8 Å². The van der Waals surface area contributed by atoms with Crippen molar-refractivity contribution < 1.29 is 14.3 Å². The van der Waals surface area contributed by atoms with Crippen molar-refractivity contribution in [2.75, 3.05) is 24.6 Å². The lowest BCUT2D eigenvalue weighted by Crippen LogP contribution is -2.53. The van der Waals surface area contributed by atoms with Crippen LogP contribution in [0.5, 0.6) is 5.75 Å². The molecule has 3 amide bonds. The van der Waals surface area contributed by atoms with Gasteiger partial charge in [0.15, 0.2) is 5.54 Å². The largest absolute Gasteiger partial charge is 0.494 e. The second-order valence-electron chi connectivity index (χ2n) is 10.0. The van der Waals surface area contributed by atoms with Crippen LogP contribution in [0, 0.1) is 5.92 Å². The molecule has 8 heteroatoms. The van der Waals surface area contributed by atoms with Gasteiger partial charge in [-0.3, -0.25) is 19.7 Å². The maximum absolute atomic E-state index is 14.4. The summed E-state index contributed by atoms with van der Waals surface area (Å²) in [5, 5.41) is 0. The Bertz CT molecular complexity index is 1270. The molecule has 4 heterocycles. The zero-order valence-electron chi connectivity index (χ0n) is 21.6. The van der Waals surface area contributed by atoms with E-state index in [1.165, 1.54) is 4.90 Å². The average molecular weight is 500 g/mol. The minimum Gasteiger partial charge on any atom is -0.494 e. The molecular weight excluding hydrogens is 466 g/mol. The monoisotopic (exact) mass is 499 g/mol. The lowest BCUT2D eigenvalue weighted by Gasteiger charge is -2.45. The highest BCUT2D eigenvalue weighted by atomic mass is 16.5. The molecule has 1 atom stereocenters.